The van der Waals surface area contributed by atoms with Crippen LogP contribution >= 0.6 is 0 Å². The fourth-order valence-corrected chi connectivity index (χ4v) is 2.65. The van der Waals surface area contributed by atoms with Crippen molar-refractivity contribution < 1.29 is 20.1 Å². The standard InChI is InChI=1S/C10H19NO4/c1-2-15-7-3-4-11-5-6(12)9(13)8(11)10(7)14/h6-10,12-14H,2-5H2,1H3/t6-,7?,8-,9-,10+/m1/s1. The van der Waals surface area contributed by atoms with Crippen molar-refractivity contribution in [1.29, 1.82) is 0 Å². The van der Waals surface area contributed by atoms with Crippen molar-refractivity contribution in [3.8, 4) is 0 Å². The Morgan fingerprint density at radius 2 is 2.00 bits per heavy atom. The van der Waals surface area contributed by atoms with Crippen LogP contribution in [-0.4, -0.2) is 70.4 Å². The van der Waals surface area contributed by atoms with Crippen LogP contribution < -0.4 is 0 Å². The number of rotatable bonds is 2. The van der Waals surface area contributed by atoms with Crippen molar-refractivity contribution >= 4 is 0 Å². The van der Waals surface area contributed by atoms with Gasteiger partial charge in [-0.05, 0) is 13.3 Å². The van der Waals surface area contributed by atoms with E-state index in [0.29, 0.717) is 13.2 Å². The Morgan fingerprint density at radius 1 is 1.27 bits per heavy atom. The van der Waals surface area contributed by atoms with E-state index in [1.807, 2.05) is 11.8 Å². The first-order chi connectivity index (χ1) is 7.15. The normalized spacial score (nSPS) is 46.8. The second kappa shape index (κ2) is 4.35. The predicted octanol–water partition coefficient (Wildman–Crippen LogP) is -1.44. The van der Waals surface area contributed by atoms with E-state index < -0.39 is 18.3 Å². The third kappa shape index (κ3) is 1.90. The van der Waals surface area contributed by atoms with Gasteiger partial charge in [0.2, 0.25) is 0 Å². The first kappa shape index (κ1) is 11.3. The molecule has 88 valence electrons. The van der Waals surface area contributed by atoms with Gasteiger partial charge < -0.3 is 20.1 Å². The van der Waals surface area contributed by atoms with E-state index >= 15 is 0 Å². The van der Waals surface area contributed by atoms with Gasteiger partial charge in [-0.25, -0.2) is 0 Å². The summed E-state index contributed by atoms with van der Waals surface area (Å²) in [5, 5.41) is 29.3. The molecule has 5 atom stereocenters. The molecule has 0 saturated carbocycles. The molecule has 2 fully saturated rings. The minimum absolute atomic E-state index is 0.212. The van der Waals surface area contributed by atoms with Gasteiger partial charge in [-0.15, -0.1) is 0 Å². The maximum Gasteiger partial charge on any atom is 0.0992 e. The molecule has 3 N–H and O–H groups in total. The Morgan fingerprint density at radius 3 is 2.67 bits per heavy atom. The molecule has 15 heavy (non-hydrogen) atoms. The molecule has 0 aromatic heterocycles. The summed E-state index contributed by atoms with van der Waals surface area (Å²) in [7, 11) is 0. The molecule has 2 aliphatic heterocycles. The number of aliphatic hydroxyl groups excluding tert-OH is 3. The average molecular weight is 217 g/mol. The fraction of sp³-hybridized carbons (Fsp3) is 1.00. The van der Waals surface area contributed by atoms with Gasteiger partial charge in [0.05, 0.1) is 30.5 Å². The molecule has 0 radical (unpaired) electrons. The van der Waals surface area contributed by atoms with Crippen LogP contribution in [0.15, 0.2) is 0 Å². The van der Waals surface area contributed by atoms with Gasteiger partial charge in [0, 0.05) is 19.7 Å². The van der Waals surface area contributed by atoms with Crippen LogP contribution in [0.4, 0.5) is 0 Å². The Kier molecular flexibility index (Phi) is 3.27. The van der Waals surface area contributed by atoms with Crippen molar-refractivity contribution in [1.82, 2.24) is 4.90 Å². The van der Waals surface area contributed by atoms with E-state index in [1.54, 1.807) is 0 Å². The number of ether oxygens (including phenoxy) is 1. The zero-order valence-corrected chi connectivity index (χ0v) is 8.91. The number of hydrogen-bond donors (Lipinski definition) is 3. The van der Waals surface area contributed by atoms with E-state index in [9.17, 15) is 15.3 Å². The number of hydrogen-bond acceptors (Lipinski definition) is 5. The molecular weight excluding hydrogens is 198 g/mol. The van der Waals surface area contributed by atoms with Crippen molar-refractivity contribution in [3.63, 3.8) is 0 Å². The van der Waals surface area contributed by atoms with Gasteiger partial charge in [0.15, 0.2) is 0 Å². The third-order valence-electron chi connectivity index (χ3n) is 3.40. The molecule has 0 spiro atoms. The maximum absolute atomic E-state index is 10.0. The molecular formula is C10H19NO4. The molecule has 2 aliphatic rings. The highest BCUT2D eigenvalue weighted by Crippen LogP contribution is 2.29. The van der Waals surface area contributed by atoms with Gasteiger partial charge in [-0.1, -0.05) is 0 Å². The summed E-state index contributed by atoms with van der Waals surface area (Å²) in [4.78, 5) is 1.94. The first-order valence-electron chi connectivity index (χ1n) is 5.55. The maximum atomic E-state index is 10.0. The number of fused-ring (bicyclic) bond motifs is 1. The van der Waals surface area contributed by atoms with Gasteiger partial charge in [-0.3, -0.25) is 4.90 Å². The van der Waals surface area contributed by atoms with Gasteiger partial charge in [-0.2, -0.15) is 0 Å². The summed E-state index contributed by atoms with van der Waals surface area (Å²) < 4.78 is 5.42. The molecule has 0 bridgehead atoms. The van der Waals surface area contributed by atoms with E-state index in [4.69, 9.17) is 4.74 Å². The monoisotopic (exact) mass is 217 g/mol. The van der Waals surface area contributed by atoms with Crippen LogP contribution in [0.3, 0.4) is 0 Å². The SMILES string of the molecule is CCOC1CCN2C[C@@H](O)[C@@H](O)[C@@H]2[C@H]1O. The summed E-state index contributed by atoms with van der Waals surface area (Å²) in [6.45, 7) is 3.66. The Balaban J connectivity index is 2.06. The summed E-state index contributed by atoms with van der Waals surface area (Å²) >= 11 is 0. The van der Waals surface area contributed by atoms with Crippen LogP contribution in [0.1, 0.15) is 13.3 Å². The number of aliphatic hydroxyl groups is 3. The molecule has 0 amide bonds. The average Bonchev–Trinajstić information content (AvgIpc) is 2.49. The number of nitrogens with zero attached hydrogens (tertiary/aromatic N) is 1. The zero-order chi connectivity index (χ0) is 11.0. The Labute approximate surface area is 89.3 Å². The lowest BCUT2D eigenvalue weighted by atomic mass is 9.94. The summed E-state index contributed by atoms with van der Waals surface area (Å²) in [5.74, 6) is 0. The summed E-state index contributed by atoms with van der Waals surface area (Å²) in [5.41, 5.74) is 0. The molecule has 5 nitrogen and oxygen atoms in total. The fourth-order valence-electron chi connectivity index (χ4n) is 2.65. The van der Waals surface area contributed by atoms with Gasteiger partial charge in [0.1, 0.15) is 0 Å². The molecule has 0 aromatic rings. The highest BCUT2D eigenvalue weighted by molar-refractivity contribution is 5.02. The first-order valence-corrected chi connectivity index (χ1v) is 5.55. The zero-order valence-electron chi connectivity index (χ0n) is 8.91. The van der Waals surface area contributed by atoms with Crippen LogP contribution in [0.2, 0.25) is 0 Å². The third-order valence-corrected chi connectivity index (χ3v) is 3.40. The van der Waals surface area contributed by atoms with E-state index in [2.05, 4.69) is 0 Å². The minimum Gasteiger partial charge on any atom is -0.389 e. The second-order valence-electron chi connectivity index (χ2n) is 4.32. The molecule has 2 saturated heterocycles. The largest absolute Gasteiger partial charge is 0.389 e. The highest BCUT2D eigenvalue weighted by atomic mass is 16.5. The molecule has 1 unspecified atom stereocenters. The second-order valence-corrected chi connectivity index (χ2v) is 4.32. The van der Waals surface area contributed by atoms with E-state index in [1.165, 1.54) is 0 Å². The van der Waals surface area contributed by atoms with Crippen molar-refractivity contribution in [2.75, 3.05) is 19.7 Å². The Hall–Kier alpha value is -0.200. The van der Waals surface area contributed by atoms with Crippen molar-refractivity contribution in [3.05, 3.63) is 0 Å². The van der Waals surface area contributed by atoms with Gasteiger partial charge >= 0.3 is 0 Å². The summed E-state index contributed by atoms with van der Waals surface area (Å²) in [6, 6.07) is -0.370. The van der Waals surface area contributed by atoms with E-state index in [0.717, 1.165) is 13.0 Å². The lowest BCUT2D eigenvalue weighted by Gasteiger charge is -2.39. The van der Waals surface area contributed by atoms with Gasteiger partial charge in [0.25, 0.3) is 0 Å². The minimum atomic E-state index is -0.858. The lowest BCUT2D eigenvalue weighted by Crippen LogP contribution is -2.56. The molecule has 2 rings (SSSR count). The number of piperidine rings is 1. The molecule has 5 heteroatoms. The Bertz CT molecular complexity index is 225. The highest BCUT2D eigenvalue weighted by Gasteiger charge is 2.48. The van der Waals surface area contributed by atoms with Crippen LogP contribution in [0.5, 0.6) is 0 Å². The lowest BCUT2D eigenvalue weighted by molar-refractivity contribution is -0.114. The molecule has 0 aromatic carbocycles. The van der Waals surface area contributed by atoms with Crippen molar-refractivity contribution in [2.24, 2.45) is 0 Å². The molecule has 0 aliphatic carbocycles. The quantitative estimate of drug-likeness (QED) is 0.528. The van der Waals surface area contributed by atoms with E-state index in [-0.39, 0.29) is 12.1 Å². The topological polar surface area (TPSA) is 73.2 Å². The molecule has 2 heterocycles. The predicted molar refractivity (Wildman–Crippen MR) is 53.4 cm³/mol. The van der Waals surface area contributed by atoms with Crippen LogP contribution in [-0.2, 0) is 4.74 Å². The van der Waals surface area contributed by atoms with Crippen LogP contribution in [0.25, 0.3) is 0 Å². The van der Waals surface area contributed by atoms with Crippen LogP contribution in [0, 0.1) is 0 Å². The smallest absolute Gasteiger partial charge is 0.0992 e. The van der Waals surface area contributed by atoms with Crippen molar-refractivity contribution in [2.45, 2.75) is 43.8 Å². The summed E-state index contributed by atoms with van der Waals surface area (Å²) in [6.07, 6.45) is -1.76.